The van der Waals surface area contributed by atoms with Gasteiger partial charge in [0.25, 0.3) is 0 Å². The number of hydrogen-bond donors (Lipinski definition) is 0. The van der Waals surface area contributed by atoms with Gasteiger partial charge in [-0.3, -0.25) is 0 Å². The number of aryl methyl sites for hydroxylation is 1. The van der Waals surface area contributed by atoms with Gasteiger partial charge in [0, 0.05) is 27.0 Å². The summed E-state index contributed by atoms with van der Waals surface area (Å²) in [6, 6.07) is 6.02. The summed E-state index contributed by atoms with van der Waals surface area (Å²) in [6.45, 7) is 15.6. The molecule has 0 unspecified atom stereocenters. The molecule has 1 rings (SSSR count). The van der Waals surface area contributed by atoms with Crippen molar-refractivity contribution in [2.75, 3.05) is 6.61 Å². The predicted molar refractivity (Wildman–Crippen MR) is 146 cm³/mol. The zero-order valence-electron chi connectivity index (χ0n) is 18.6. The summed E-state index contributed by atoms with van der Waals surface area (Å²) < 4.78 is 7.52. The first-order chi connectivity index (χ1) is 13.5. The molecule has 0 amide bonds. The van der Waals surface area contributed by atoms with Crippen LogP contribution >= 0.6 is 23.5 Å². The van der Waals surface area contributed by atoms with Crippen LogP contribution in [0.4, 0.5) is 0 Å². The van der Waals surface area contributed by atoms with E-state index in [0.717, 1.165) is 31.8 Å². The molecule has 0 saturated heterocycles. The van der Waals surface area contributed by atoms with Crippen LogP contribution in [0.1, 0.15) is 59.1 Å². The van der Waals surface area contributed by atoms with Crippen LogP contribution in [0.3, 0.4) is 0 Å². The normalized spacial score (nSPS) is 12.3. The molecule has 1 aromatic rings. The molecule has 0 heterocycles. The van der Waals surface area contributed by atoms with Crippen molar-refractivity contribution >= 4 is 78.9 Å². The monoisotopic (exact) mass is 562 g/mol. The van der Waals surface area contributed by atoms with E-state index < -0.39 is 0 Å². The van der Waals surface area contributed by atoms with Gasteiger partial charge in [0.05, 0.1) is 6.61 Å². The molecule has 0 aliphatic carbocycles. The summed E-state index contributed by atoms with van der Waals surface area (Å²) in [4.78, 5) is 0.670. The fourth-order valence-electron chi connectivity index (χ4n) is 1.95. The predicted octanol–water partition coefficient (Wildman–Crippen LogP) is 7.30. The van der Waals surface area contributed by atoms with Gasteiger partial charge in [0.1, 0.15) is 5.75 Å². The van der Waals surface area contributed by atoms with Crippen LogP contribution in [-0.4, -0.2) is 17.1 Å². The van der Waals surface area contributed by atoms with Crippen LogP contribution in [0.2, 0.25) is 0 Å². The summed E-state index contributed by atoms with van der Waals surface area (Å²) in [5.41, 5.74) is 2.09. The summed E-state index contributed by atoms with van der Waals surface area (Å²) in [7, 11) is 0. The molecule has 0 N–H and O–H groups in total. The van der Waals surface area contributed by atoms with E-state index >= 15 is 0 Å². The van der Waals surface area contributed by atoms with Crippen molar-refractivity contribution in [3.05, 3.63) is 43.2 Å². The molecule has 0 fully saturated rings. The van der Waals surface area contributed by atoms with Crippen molar-refractivity contribution in [2.24, 2.45) is 5.92 Å². The van der Waals surface area contributed by atoms with Crippen LogP contribution < -0.4 is 4.74 Å². The number of ether oxygens (including phenoxy) is 1. The van der Waals surface area contributed by atoms with Crippen molar-refractivity contribution in [1.82, 2.24) is 0 Å². The first kappa shape index (κ1) is 32.8. The van der Waals surface area contributed by atoms with Gasteiger partial charge in [-0.05, 0) is 37.0 Å². The Labute approximate surface area is 225 Å². The van der Waals surface area contributed by atoms with Crippen LogP contribution in [0.15, 0.2) is 32.1 Å². The molecule has 0 aliphatic heterocycles. The molecule has 0 spiro atoms. The minimum Gasteiger partial charge on any atom is -0.789 e. The minimum atomic E-state index is 0. The minimum absolute atomic E-state index is 0. The molecule has 0 aliphatic rings. The number of hydrogen-bond acceptors (Lipinski definition) is 7. The van der Waals surface area contributed by atoms with Gasteiger partial charge in [0.15, 0.2) is 0 Å². The van der Waals surface area contributed by atoms with Crippen molar-refractivity contribution in [2.45, 2.75) is 65.4 Å². The molecule has 176 valence electrons. The Morgan fingerprint density at radius 1 is 0.967 bits per heavy atom. The molecular weight excluding hydrogens is 531 g/mol. The Bertz CT molecular complexity index is 654. The molecule has 1 nitrogen and oxygen atoms in total. The van der Waals surface area contributed by atoms with Crippen molar-refractivity contribution in [3.63, 3.8) is 0 Å². The third-order valence-electron chi connectivity index (χ3n) is 3.31. The van der Waals surface area contributed by atoms with E-state index in [1.165, 1.54) is 5.41 Å². The van der Waals surface area contributed by atoms with E-state index in [-0.39, 0.29) is 16.5 Å². The van der Waals surface area contributed by atoms with Gasteiger partial charge < -0.3 is 55.3 Å². The fraction of sp³-hybridized carbons (Fsp3) is 0.545. The van der Waals surface area contributed by atoms with E-state index in [1.807, 2.05) is 25.1 Å². The van der Waals surface area contributed by atoms with E-state index in [9.17, 15) is 0 Å². The second kappa shape index (κ2) is 18.1. The average molecular weight is 564 g/mol. The first-order valence-corrected chi connectivity index (χ1v) is 13.1. The van der Waals surface area contributed by atoms with Crippen LogP contribution in [0.5, 0.6) is 5.75 Å². The number of benzene rings is 1. The first-order valence-electron chi connectivity index (χ1n) is 9.62. The molecule has 1 aromatic carbocycles. The van der Waals surface area contributed by atoms with Crippen LogP contribution in [0.25, 0.3) is 4.91 Å². The molecule has 0 aromatic heterocycles. The second-order valence-electron chi connectivity index (χ2n) is 7.42. The zero-order valence-corrected chi connectivity index (χ0v) is 24.5. The standard InChI is InChI=1S/C14H20OS2.C8H16S4.Ni/c1-10(2)6-7-15-13-5-4-11(3)8-12(13)14(17)9-16;1-5(2)11-7(9)8(10)12-6(3)4;/h4-5,8-10,16-17H,6-7H2,1-3H3;5-6,9-10H,1-4H3;/p-4/b14-9-;8-7-;. The van der Waals surface area contributed by atoms with Gasteiger partial charge in [-0.25, -0.2) is 5.41 Å². The van der Waals surface area contributed by atoms with Crippen LogP contribution in [-0.2, 0) is 67.0 Å². The molecule has 0 bridgehead atoms. The Morgan fingerprint density at radius 2 is 1.47 bits per heavy atom. The number of rotatable bonds is 9. The third kappa shape index (κ3) is 15.4. The van der Waals surface area contributed by atoms with E-state index in [1.54, 1.807) is 23.5 Å². The molecule has 0 saturated carbocycles. The smallest absolute Gasteiger partial charge is 0.124 e. The Hall–Kier alpha value is 0.574. The van der Waals surface area contributed by atoms with E-state index in [4.69, 9.17) is 55.3 Å². The Balaban J connectivity index is 0. The van der Waals surface area contributed by atoms with E-state index in [2.05, 4.69) is 41.5 Å². The van der Waals surface area contributed by atoms with Gasteiger partial charge >= 0.3 is 0 Å². The van der Waals surface area contributed by atoms with Gasteiger partial charge in [-0.2, -0.15) is 36.9 Å². The topological polar surface area (TPSA) is 9.23 Å². The Kier molecular flexibility index (Phi) is 19.7. The maximum Gasteiger partial charge on any atom is 0.124 e. The maximum atomic E-state index is 5.77. The van der Waals surface area contributed by atoms with Crippen molar-refractivity contribution < 1.29 is 21.2 Å². The third-order valence-corrected chi connectivity index (χ3v) is 7.32. The summed E-state index contributed by atoms with van der Waals surface area (Å²) in [5.74, 6) is 1.48. The molecule has 30 heavy (non-hydrogen) atoms. The zero-order chi connectivity index (χ0) is 22.6. The fourth-order valence-corrected chi connectivity index (χ4v) is 5.02. The Morgan fingerprint density at radius 3 is 1.87 bits per heavy atom. The SMILES string of the molecule is CC(C)S/C([S-])=C(/[S-])SC(C)C.Cc1ccc(OCCC(C)C)c(/C([S-])=C/[S-])c1.[Ni]. The van der Waals surface area contributed by atoms with Gasteiger partial charge in [-0.1, -0.05) is 53.2 Å². The summed E-state index contributed by atoms with van der Waals surface area (Å²) in [5, 5.41) is 2.59. The molecule has 0 atom stereocenters. The average Bonchev–Trinajstić information content (AvgIpc) is 2.61. The molecule has 8 heteroatoms. The second-order valence-corrected chi connectivity index (χ2v) is 12.6. The molecular formula is C22H32NiOS6-4. The van der Waals surface area contributed by atoms with Crippen molar-refractivity contribution in [3.8, 4) is 5.75 Å². The largest absolute Gasteiger partial charge is 0.789 e. The summed E-state index contributed by atoms with van der Waals surface area (Å²) >= 11 is 23.8. The maximum absolute atomic E-state index is 5.77. The van der Waals surface area contributed by atoms with Crippen LogP contribution in [0, 0.1) is 12.8 Å². The van der Waals surface area contributed by atoms with Gasteiger partial charge in [0.2, 0.25) is 0 Å². The van der Waals surface area contributed by atoms with Crippen molar-refractivity contribution in [1.29, 1.82) is 0 Å². The summed E-state index contributed by atoms with van der Waals surface area (Å²) in [6.07, 6.45) is 1.04. The van der Waals surface area contributed by atoms with Gasteiger partial charge in [-0.15, -0.1) is 0 Å². The number of thioether (sulfide) groups is 2. The van der Waals surface area contributed by atoms with E-state index in [0.29, 0.717) is 27.9 Å². The quantitative estimate of drug-likeness (QED) is 0.227. The molecule has 0 radical (unpaired) electrons.